The summed E-state index contributed by atoms with van der Waals surface area (Å²) in [6.07, 6.45) is 1.87. The predicted octanol–water partition coefficient (Wildman–Crippen LogP) is 4.75. The molecule has 0 spiro atoms. The van der Waals surface area contributed by atoms with Gasteiger partial charge in [0.05, 0.1) is 35.6 Å². The third kappa shape index (κ3) is 4.88. The highest BCUT2D eigenvalue weighted by atomic mass is 32.1. The number of ether oxygens (including phenoxy) is 3. The van der Waals surface area contributed by atoms with Crippen LogP contribution in [0.5, 0.6) is 11.5 Å². The van der Waals surface area contributed by atoms with Gasteiger partial charge < -0.3 is 14.2 Å². The van der Waals surface area contributed by atoms with Gasteiger partial charge in [-0.25, -0.2) is 9.79 Å². The van der Waals surface area contributed by atoms with Crippen molar-refractivity contribution in [3.8, 4) is 11.5 Å². The summed E-state index contributed by atoms with van der Waals surface area (Å²) < 4.78 is 19.3. The van der Waals surface area contributed by atoms with E-state index in [4.69, 9.17) is 19.2 Å². The van der Waals surface area contributed by atoms with Crippen LogP contribution in [0.1, 0.15) is 44.9 Å². The molecule has 1 aliphatic rings. The maximum atomic E-state index is 14.1. The molecule has 0 fully saturated rings. The Morgan fingerprint density at radius 2 is 1.67 bits per heavy atom. The first-order chi connectivity index (χ1) is 19.0. The van der Waals surface area contributed by atoms with E-state index in [2.05, 4.69) is 0 Å². The summed E-state index contributed by atoms with van der Waals surface area (Å²) in [6, 6.07) is 18.7. The molecule has 39 heavy (non-hydrogen) atoms. The number of esters is 1. The third-order valence-electron chi connectivity index (χ3n) is 6.54. The molecular weight excluding hydrogens is 512 g/mol. The molecule has 0 N–H and O–H groups in total. The van der Waals surface area contributed by atoms with Crippen LogP contribution in [0.25, 0.3) is 16.8 Å². The molecule has 1 aromatic heterocycles. The molecular formula is C31H30N2O5S. The summed E-state index contributed by atoms with van der Waals surface area (Å²) in [5.41, 5.74) is 2.11. The van der Waals surface area contributed by atoms with Crippen molar-refractivity contribution in [1.82, 2.24) is 4.57 Å². The molecule has 2 heterocycles. The lowest BCUT2D eigenvalue weighted by atomic mass is 9.95. The second-order valence-corrected chi connectivity index (χ2v) is 9.91. The lowest BCUT2D eigenvalue weighted by Crippen LogP contribution is -2.40. The van der Waals surface area contributed by atoms with E-state index < -0.39 is 12.0 Å². The summed E-state index contributed by atoms with van der Waals surface area (Å²) in [7, 11) is 0. The van der Waals surface area contributed by atoms with E-state index in [0.717, 1.165) is 16.3 Å². The maximum absolute atomic E-state index is 14.1. The standard InChI is InChI=1S/C31H30N2O5S/c1-5-36-24-15-11-10-14-22(24)28-27(30(35)38-7-3)19(4)32-31-33(28)29(34)26(39-31)18-23-21-13-9-8-12-20(21)16-17-25(23)37-6-2/h8-18,28H,5-7H2,1-4H3/b26-18-/t28-/m0/s1. The number of rotatable bonds is 8. The average molecular weight is 543 g/mol. The molecule has 1 atom stereocenters. The zero-order valence-electron chi connectivity index (χ0n) is 22.4. The molecule has 1 aliphatic heterocycles. The molecule has 0 aliphatic carbocycles. The third-order valence-corrected chi connectivity index (χ3v) is 7.52. The molecule has 0 amide bonds. The van der Waals surface area contributed by atoms with Crippen molar-refractivity contribution in [2.24, 2.45) is 4.99 Å². The van der Waals surface area contributed by atoms with E-state index in [1.165, 1.54) is 11.3 Å². The number of thiazole rings is 1. The summed E-state index contributed by atoms with van der Waals surface area (Å²) in [5.74, 6) is 0.796. The molecule has 5 rings (SSSR count). The van der Waals surface area contributed by atoms with E-state index in [9.17, 15) is 9.59 Å². The Hall–Kier alpha value is -4.17. The van der Waals surface area contributed by atoms with Crippen molar-refractivity contribution in [1.29, 1.82) is 0 Å². The van der Waals surface area contributed by atoms with Crippen LogP contribution in [0.4, 0.5) is 0 Å². The van der Waals surface area contributed by atoms with Crippen LogP contribution in [-0.4, -0.2) is 30.4 Å². The SMILES string of the molecule is CCOC(=O)C1=C(C)N=c2s/c(=C\c3c(OCC)ccc4ccccc34)c(=O)n2[C@H]1c1ccccc1OCC. The first-order valence-electron chi connectivity index (χ1n) is 13.0. The molecule has 3 aromatic carbocycles. The minimum atomic E-state index is -0.746. The Bertz CT molecular complexity index is 1770. The van der Waals surface area contributed by atoms with Gasteiger partial charge in [-0.3, -0.25) is 9.36 Å². The van der Waals surface area contributed by atoms with Gasteiger partial charge in [-0.2, -0.15) is 0 Å². The van der Waals surface area contributed by atoms with Crippen molar-refractivity contribution < 1.29 is 19.0 Å². The number of nitrogens with zero attached hydrogens (tertiary/aromatic N) is 2. The number of benzene rings is 3. The quantitative estimate of drug-likeness (QED) is 0.300. The lowest BCUT2D eigenvalue weighted by molar-refractivity contribution is -0.139. The van der Waals surface area contributed by atoms with Gasteiger partial charge in [0, 0.05) is 11.1 Å². The smallest absolute Gasteiger partial charge is 0.338 e. The Labute approximate surface area is 230 Å². The van der Waals surface area contributed by atoms with E-state index >= 15 is 0 Å². The highest BCUT2D eigenvalue weighted by molar-refractivity contribution is 7.07. The summed E-state index contributed by atoms with van der Waals surface area (Å²) in [6.45, 7) is 8.51. The summed E-state index contributed by atoms with van der Waals surface area (Å²) in [5, 5.41) is 2.03. The summed E-state index contributed by atoms with van der Waals surface area (Å²) >= 11 is 1.29. The van der Waals surface area contributed by atoms with Crippen molar-refractivity contribution >= 4 is 34.2 Å². The van der Waals surface area contributed by atoms with Gasteiger partial charge in [0.1, 0.15) is 17.5 Å². The van der Waals surface area contributed by atoms with E-state index in [0.29, 0.717) is 50.9 Å². The van der Waals surface area contributed by atoms with Gasteiger partial charge in [0.15, 0.2) is 4.80 Å². The number of hydrogen-bond acceptors (Lipinski definition) is 7. The molecule has 8 heteroatoms. The first kappa shape index (κ1) is 26.4. The minimum absolute atomic E-state index is 0.209. The fourth-order valence-corrected chi connectivity index (χ4v) is 5.94. The van der Waals surface area contributed by atoms with Gasteiger partial charge in [0.2, 0.25) is 0 Å². The predicted molar refractivity (Wildman–Crippen MR) is 153 cm³/mol. The molecule has 0 bridgehead atoms. The Kier molecular flexibility index (Phi) is 7.65. The summed E-state index contributed by atoms with van der Waals surface area (Å²) in [4.78, 5) is 32.6. The Morgan fingerprint density at radius 1 is 0.949 bits per heavy atom. The van der Waals surface area contributed by atoms with Crippen LogP contribution in [0.2, 0.25) is 0 Å². The average Bonchev–Trinajstić information content (AvgIpc) is 3.24. The number of hydrogen-bond donors (Lipinski definition) is 0. The maximum Gasteiger partial charge on any atom is 0.338 e. The van der Waals surface area contributed by atoms with Crippen LogP contribution >= 0.6 is 11.3 Å². The fraction of sp³-hybridized carbons (Fsp3) is 0.258. The molecule has 200 valence electrons. The monoisotopic (exact) mass is 542 g/mol. The van der Waals surface area contributed by atoms with Gasteiger partial charge in [-0.05, 0) is 56.7 Å². The van der Waals surface area contributed by atoms with E-state index in [1.54, 1.807) is 18.4 Å². The largest absolute Gasteiger partial charge is 0.494 e. The normalized spacial score (nSPS) is 15.2. The molecule has 4 aromatic rings. The fourth-order valence-electron chi connectivity index (χ4n) is 4.92. The topological polar surface area (TPSA) is 79.1 Å². The van der Waals surface area contributed by atoms with Crippen LogP contribution < -0.4 is 24.4 Å². The second kappa shape index (κ2) is 11.3. The van der Waals surface area contributed by atoms with Crippen LogP contribution in [0.3, 0.4) is 0 Å². The van der Waals surface area contributed by atoms with Gasteiger partial charge in [0.25, 0.3) is 5.56 Å². The van der Waals surface area contributed by atoms with Crippen molar-refractivity contribution in [3.05, 3.63) is 103 Å². The Balaban J connectivity index is 1.79. The van der Waals surface area contributed by atoms with Crippen molar-refractivity contribution in [3.63, 3.8) is 0 Å². The number of aromatic nitrogens is 1. The number of carbonyl (C=O) groups excluding carboxylic acids is 1. The van der Waals surface area contributed by atoms with E-state index in [1.807, 2.05) is 80.6 Å². The molecule has 0 saturated heterocycles. The number of allylic oxidation sites excluding steroid dienone is 1. The lowest BCUT2D eigenvalue weighted by Gasteiger charge is -2.26. The van der Waals surface area contributed by atoms with Gasteiger partial charge >= 0.3 is 5.97 Å². The van der Waals surface area contributed by atoms with Crippen LogP contribution in [0.15, 0.2) is 81.7 Å². The van der Waals surface area contributed by atoms with Crippen molar-refractivity contribution in [2.75, 3.05) is 19.8 Å². The van der Waals surface area contributed by atoms with Gasteiger partial charge in [-0.1, -0.05) is 59.9 Å². The zero-order chi connectivity index (χ0) is 27.5. The highest BCUT2D eigenvalue weighted by Gasteiger charge is 2.35. The van der Waals surface area contributed by atoms with E-state index in [-0.39, 0.29) is 12.2 Å². The molecule has 7 nitrogen and oxygen atoms in total. The highest BCUT2D eigenvalue weighted by Crippen LogP contribution is 2.36. The molecule has 0 unspecified atom stereocenters. The number of fused-ring (bicyclic) bond motifs is 2. The van der Waals surface area contributed by atoms with Gasteiger partial charge in [-0.15, -0.1) is 0 Å². The molecule has 0 radical (unpaired) electrons. The zero-order valence-corrected chi connectivity index (χ0v) is 23.2. The van der Waals surface area contributed by atoms with Crippen LogP contribution in [-0.2, 0) is 9.53 Å². The van der Waals surface area contributed by atoms with Crippen LogP contribution in [0, 0.1) is 0 Å². The number of carbonyl (C=O) groups is 1. The van der Waals surface area contributed by atoms with Crippen molar-refractivity contribution in [2.45, 2.75) is 33.7 Å². The number of para-hydroxylation sites is 1. The first-order valence-corrected chi connectivity index (χ1v) is 13.9. The Morgan fingerprint density at radius 3 is 2.44 bits per heavy atom. The molecule has 0 saturated carbocycles. The minimum Gasteiger partial charge on any atom is -0.494 e. The second-order valence-electron chi connectivity index (χ2n) is 8.90.